The van der Waals surface area contributed by atoms with E-state index >= 15 is 0 Å². The Hall–Kier alpha value is -1.39. The Kier molecular flexibility index (Phi) is 4.93. The monoisotopic (exact) mass is 265 g/mol. The van der Waals surface area contributed by atoms with Crippen molar-refractivity contribution in [1.29, 1.82) is 0 Å². The van der Waals surface area contributed by atoms with Gasteiger partial charge in [-0.2, -0.15) is 5.10 Å². The normalized spacial score (nSPS) is 27.4. The van der Waals surface area contributed by atoms with Crippen molar-refractivity contribution in [1.82, 2.24) is 10.7 Å². The van der Waals surface area contributed by atoms with Crippen LogP contribution in [0.2, 0.25) is 0 Å². The molecule has 0 unspecified atom stereocenters. The van der Waals surface area contributed by atoms with E-state index in [1.54, 1.807) is 0 Å². The minimum absolute atomic E-state index is 0.112. The molecular weight excluding hydrogens is 242 g/mol. The molecule has 0 bridgehead atoms. The number of hydrazone groups is 1. The van der Waals surface area contributed by atoms with Gasteiger partial charge >= 0.3 is 0 Å². The van der Waals surface area contributed by atoms with Crippen LogP contribution in [0.15, 0.2) is 5.10 Å². The van der Waals surface area contributed by atoms with E-state index < -0.39 is 0 Å². The van der Waals surface area contributed by atoms with E-state index in [9.17, 15) is 9.59 Å². The first-order valence-electron chi connectivity index (χ1n) is 7.35. The van der Waals surface area contributed by atoms with Crippen LogP contribution in [0, 0.1) is 5.92 Å². The number of hydrogen-bond acceptors (Lipinski definition) is 3. The van der Waals surface area contributed by atoms with Gasteiger partial charge < -0.3 is 5.32 Å². The Balaban J connectivity index is 1.76. The fourth-order valence-electron chi connectivity index (χ4n) is 2.91. The van der Waals surface area contributed by atoms with Crippen LogP contribution < -0.4 is 10.7 Å². The molecule has 0 saturated heterocycles. The molecule has 1 saturated carbocycles. The summed E-state index contributed by atoms with van der Waals surface area (Å²) in [5, 5.41) is 6.87. The largest absolute Gasteiger partial charge is 0.348 e. The molecule has 106 valence electrons. The lowest BCUT2D eigenvalue weighted by atomic mass is 9.83. The molecule has 1 fully saturated rings. The fourth-order valence-corrected chi connectivity index (χ4v) is 2.91. The molecule has 2 aliphatic rings. The number of carbonyl (C=O) groups excluding carboxylic acids is 2. The van der Waals surface area contributed by atoms with Crippen molar-refractivity contribution in [2.75, 3.05) is 0 Å². The van der Waals surface area contributed by atoms with E-state index in [2.05, 4.69) is 22.8 Å². The second-order valence-electron chi connectivity index (χ2n) is 5.57. The summed E-state index contributed by atoms with van der Waals surface area (Å²) in [5.74, 6) is 0.611. The molecule has 0 aromatic rings. The maximum absolute atomic E-state index is 12.0. The van der Waals surface area contributed by atoms with Crippen LogP contribution in [0.25, 0.3) is 0 Å². The highest BCUT2D eigenvalue weighted by atomic mass is 16.2. The van der Waals surface area contributed by atoms with Gasteiger partial charge in [0, 0.05) is 18.9 Å². The van der Waals surface area contributed by atoms with Crippen LogP contribution in [-0.2, 0) is 9.59 Å². The highest BCUT2D eigenvalue weighted by Crippen LogP contribution is 2.27. The van der Waals surface area contributed by atoms with E-state index in [4.69, 9.17) is 0 Å². The van der Waals surface area contributed by atoms with E-state index in [1.807, 2.05) is 0 Å². The molecule has 5 heteroatoms. The highest BCUT2D eigenvalue weighted by Gasteiger charge is 2.24. The molecule has 1 heterocycles. The number of carbonyl (C=O) groups is 2. The lowest BCUT2D eigenvalue weighted by molar-refractivity contribution is -0.121. The van der Waals surface area contributed by atoms with Gasteiger partial charge in [0.25, 0.3) is 5.91 Å². The summed E-state index contributed by atoms with van der Waals surface area (Å²) in [7, 11) is 0. The molecule has 2 N–H and O–H groups in total. The molecule has 0 atom stereocenters. The van der Waals surface area contributed by atoms with E-state index in [0.717, 1.165) is 18.8 Å². The number of rotatable bonds is 4. The van der Waals surface area contributed by atoms with Gasteiger partial charge in [-0.25, -0.2) is 5.43 Å². The summed E-state index contributed by atoms with van der Waals surface area (Å²) >= 11 is 0. The van der Waals surface area contributed by atoms with Crippen molar-refractivity contribution in [3.8, 4) is 0 Å². The molecule has 1 aliphatic heterocycles. The molecule has 0 spiro atoms. The molecule has 0 aromatic heterocycles. The Morgan fingerprint density at radius 2 is 2.05 bits per heavy atom. The molecular formula is C14H23N3O2. The minimum Gasteiger partial charge on any atom is -0.348 e. The summed E-state index contributed by atoms with van der Waals surface area (Å²) in [6.45, 7) is 2.23. The zero-order valence-corrected chi connectivity index (χ0v) is 11.6. The van der Waals surface area contributed by atoms with Crippen LogP contribution in [0.1, 0.15) is 58.3 Å². The van der Waals surface area contributed by atoms with Gasteiger partial charge in [0.1, 0.15) is 5.71 Å². The number of nitrogens with one attached hydrogen (secondary N) is 2. The second-order valence-corrected chi connectivity index (χ2v) is 5.57. The Morgan fingerprint density at radius 3 is 2.63 bits per heavy atom. The molecule has 5 nitrogen and oxygen atoms in total. The van der Waals surface area contributed by atoms with E-state index in [1.165, 1.54) is 25.7 Å². The third kappa shape index (κ3) is 4.04. The van der Waals surface area contributed by atoms with Gasteiger partial charge in [0.2, 0.25) is 5.91 Å². The molecule has 1 aliphatic carbocycles. The average molecular weight is 265 g/mol. The van der Waals surface area contributed by atoms with Crippen LogP contribution in [0.5, 0.6) is 0 Å². The van der Waals surface area contributed by atoms with E-state index in [0.29, 0.717) is 18.6 Å². The number of hydrogen-bond donors (Lipinski definition) is 2. The maximum Gasteiger partial charge on any atom is 0.267 e. The quantitative estimate of drug-likeness (QED) is 0.812. The van der Waals surface area contributed by atoms with Gasteiger partial charge in [-0.3, -0.25) is 9.59 Å². The first kappa shape index (κ1) is 14.0. The molecule has 2 rings (SSSR count). The Morgan fingerprint density at radius 1 is 1.32 bits per heavy atom. The van der Waals surface area contributed by atoms with Gasteiger partial charge in [-0.1, -0.05) is 19.8 Å². The summed E-state index contributed by atoms with van der Waals surface area (Å²) < 4.78 is 0. The van der Waals surface area contributed by atoms with Gasteiger partial charge in [-0.05, 0) is 31.6 Å². The van der Waals surface area contributed by atoms with E-state index in [-0.39, 0.29) is 17.9 Å². The Bertz CT molecular complexity index is 371. The predicted octanol–water partition coefficient (Wildman–Crippen LogP) is 1.73. The van der Waals surface area contributed by atoms with Crippen molar-refractivity contribution in [2.24, 2.45) is 11.0 Å². The van der Waals surface area contributed by atoms with Crippen LogP contribution >= 0.6 is 0 Å². The van der Waals surface area contributed by atoms with Crippen molar-refractivity contribution in [3.63, 3.8) is 0 Å². The molecule has 2 amide bonds. The zero-order chi connectivity index (χ0) is 13.7. The lowest BCUT2D eigenvalue weighted by Gasteiger charge is -2.29. The summed E-state index contributed by atoms with van der Waals surface area (Å²) in [6.07, 6.45) is 7.91. The SMILES string of the molecule is CCCC1CCC(NC(=O)C2=NNC(=O)CC2)CC1. The molecule has 0 aromatic carbocycles. The fraction of sp³-hybridized carbons (Fsp3) is 0.786. The summed E-state index contributed by atoms with van der Waals surface area (Å²) in [5.41, 5.74) is 2.82. The van der Waals surface area contributed by atoms with Crippen LogP contribution in [-0.4, -0.2) is 23.6 Å². The summed E-state index contributed by atoms with van der Waals surface area (Å²) in [6, 6.07) is 0.279. The highest BCUT2D eigenvalue weighted by molar-refractivity contribution is 6.39. The standard InChI is InChI=1S/C14H23N3O2/c1-2-3-10-4-6-11(7-5-10)15-14(19)12-8-9-13(18)17-16-12/h10-11H,2-9H2,1H3,(H,15,19)(H,17,18). The van der Waals surface area contributed by atoms with Gasteiger partial charge in [0.15, 0.2) is 0 Å². The smallest absolute Gasteiger partial charge is 0.267 e. The molecule has 19 heavy (non-hydrogen) atoms. The maximum atomic E-state index is 12.0. The lowest BCUT2D eigenvalue weighted by Crippen LogP contribution is -2.43. The first-order valence-corrected chi connectivity index (χ1v) is 7.35. The number of amides is 2. The average Bonchev–Trinajstić information content (AvgIpc) is 2.42. The Labute approximate surface area is 114 Å². The van der Waals surface area contributed by atoms with Crippen molar-refractivity contribution in [2.45, 2.75) is 64.3 Å². The zero-order valence-electron chi connectivity index (χ0n) is 11.6. The minimum atomic E-state index is -0.114. The third-order valence-corrected chi connectivity index (χ3v) is 4.05. The second kappa shape index (κ2) is 6.68. The molecule has 0 radical (unpaired) electrons. The van der Waals surface area contributed by atoms with Crippen molar-refractivity contribution < 1.29 is 9.59 Å². The number of nitrogens with zero attached hydrogens (tertiary/aromatic N) is 1. The van der Waals surface area contributed by atoms with Crippen LogP contribution in [0.3, 0.4) is 0 Å². The van der Waals surface area contributed by atoms with Crippen LogP contribution in [0.4, 0.5) is 0 Å². The predicted molar refractivity (Wildman–Crippen MR) is 73.6 cm³/mol. The topological polar surface area (TPSA) is 70.6 Å². The van der Waals surface area contributed by atoms with Gasteiger partial charge in [-0.15, -0.1) is 0 Å². The third-order valence-electron chi connectivity index (χ3n) is 4.05. The van der Waals surface area contributed by atoms with Crippen molar-refractivity contribution in [3.05, 3.63) is 0 Å². The first-order chi connectivity index (χ1) is 9.19. The van der Waals surface area contributed by atoms with Gasteiger partial charge in [0.05, 0.1) is 0 Å². The van der Waals surface area contributed by atoms with Crippen molar-refractivity contribution >= 4 is 17.5 Å². The summed E-state index contributed by atoms with van der Waals surface area (Å²) in [4.78, 5) is 23.0.